The molecule has 2 aromatic rings. The molecule has 0 radical (unpaired) electrons. The maximum atomic E-state index is 5.58. The first-order chi connectivity index (χ1) is 9.42. The SMILES string of the molecule is c1ccc2nc(CNCC3COCCO3)ccc2c1. The van der Waals surface area contributed by atoms with Crippen LogP contribution in [0.5, 0.6) is 0 Å². The van der Waals surface area contributed by atoms with E-state index in [-0.39, 0.29) is 6.10 Å². The van der Waals surface area contributed by atoms with Gasteiger partial charge in [-0.1, -0.05) is 24.3 Å². The van der Waals surface area contributed by atoms with Crippen LogP contribution in [0.25, 0.3) is 10.9 Å². The van der Waals surface area contributed by atoms with E-state index in [2.05, 4.69) is 28.5 Å². The van der Waals surface area contributed by atoms with Crippen LogP contribution in [0.3, 0.4) is 0 Å². The third kappa shape index (κ3) is 3.29. The number of hydrogen-bond acceptors (Lipinski definition) is 4. The van der Waals surface area contributed by atoms with E-state index in [9.17, 15) is 0 Å². The average Bonchev–Trinajstić information content (AvgIpc) is 2.48. The molecule has 1 aromatic carbocycles. The second kappa shape index (κ2) is 6.10. The first-order valence-corrected chi connectivity index (χ1v) is 6.66. The molecule has 4 heteroatoms. The molecular formula is C15H18N2O2. The highest BCUT2D eigenvalue weighted by Gasteiger charge is 2.13. The van der Waals surface area contributed by atoms with E-state index in [0.29, 0.717) is 19.8 Å². The summed E-state index contributed by atoms with van der Waals surface area (Å²) in [5.41, 5.74) is 2.09. The summed E-state index contributed by atoms with van der Waals surface area (Å²) in [4.78, 5) is 4.62. The van der Waals surface area contributed by atoms with Crippen molar-refractivity contribution in [1.82, 2.24) is 10.3 Å². The number of nitrogens with one attached hydrogen (secondary N) is 1. The number of para-hydroxylation sites is 1. The van der Waals surface area contributed by atoms with E-state index in [0.717, 1.165) is 24.3 Å². The lowest BCUT2D eigenvalue weighted by Crippen LogP contribution is -2.37. The zero-order chi connectivity index (χ0) is 12.9. The summed E-state index contributed by atoms with van der Waals surface area (Å²) in [5, 5.41) is 4.54. The molecule has 1 unspecified atom stereocenters. The lowest BCUT2D eigenvalue weighted by Gasteiger charge is -2.23. The third-order valence-corrected chi connectivity index (χ3v) is 3.22. The van der Waals surface area contributed by atoms with Gasteiger partial charge in [0.1, 0.15) is 0 Å². The minimum absolute atomic E-state index is 0.161. The van der Waals surface area contributed by atoms with Crippen molar-refractivity contribution in [1.29, 1.82) is 0 Å². The van der Waals surface area contributed by atoms with Crippen molar-refractivity contribution in [2.24, 2.45) is 0 Å². The second-order valence-electron chi connectivity index (χ2n) is 4.69. The van der Waals surface area contributed by atoms with E-state index in [1.807, 2.05) is 18.2 Å². The van der Waals surface area contributed by atoms with Gasteiger partial charge in [0.05, 0.1) is 37.1 Å². The van der Waals surface area contributed by atoms with Gasteiger partial charge in [-0.2, -0.15) is 0 Å². The van der Waals surface area contributed by atoms with Gasteiger partial charge < -0.3 is 14.8 Å². The Bertz CT molecular complexity index is 538. The fourth-order valence-electron chi connectivity index (χ4n) is 2.22. The molecule has 0 spiro atoms. The van der Waals surface area contributed by atoms with E-state index < -0.39 is 0 Å². The monoisotopic (exact) mass is 258 g/mol. The Hall–Kier alpha value is -1.49. The van der Waals surface area contributed by atoms with Crippen molar-refractivity contribution >= 4 is 10.9 Å². The van der Waals surface area contributed by atoms with Crippen LogP contribution in [-0.4, -0.2) is 37.5 Å². The standard InChI is InChI=1S/C15H18N2O2/c1-2-4-15-12(3-1)5-6-13(17-15)9-16-10-14-11-18-7-8-19-14/h1-6,14,16H,7-11H2. The third-order valence-electron chi connectivity index (χ3n) is 3.22. The number of nitrogens with zero attached hydrogens (tertiary/aromatic N) is 1. The number of benzene rings is 1. The molecule has 1 saturated heterocycles. The fourth-order valence-corrected chi connectivity index (χ4v) is 2.22. The number of aromatic nitrogens is 1. The van der Waals surface area contributed by atoms with Gasteiger partial charge in [0.2, 0.25) is 0 Å². The predicted octanol–water partition coefficient (Wildman–Crippen LogP) is 1.74. The van der Waals surface area contributed by atoms with Crippen LogP contribution >= 0.6 is 0 Å². The zero-order valence-corrected chi connectivity index (χ0v) is 10.8. The Morgan fingerprint density at radius 2 is 2.11 bits per heavy atom. The first kappa shape index (κ1) is 12.5. The number of fused-ring (bicyclic) bond motifs is 1. The Balaban J connectivity index is 1.56. The van der Waals surface area contributed by atoms with Crippen LogP contribution in [0.4, 0.5) is 0 Å². The van der Waals surface area contributed by atoms with Gasteiger partial charge in [-0.05, 0) is 12.1 Å². The lowest BCUT2D eigenvalue weighted by atomic mass is 10.2. The molecule has 0 aliphatic carbocycles. The van der Waals surface area contributed by atoms with Crippen LogP contribution in [0.2, 0.25) is 0 Å². The summed E-state index contributed by atoms with van der Waals surface area (Å²) >= 11 is 0. The summed E-state index contributed by atoms with van der Waals surface area (Å²) in [6, 6.07) is 12.3. The van der Waals surface area contributed by atoms with Crippen molar-refractivity contribution in [3.05, 3.63) is 42.1 Å². The molecule has 1 fully saturated rings. The molecule has 2 heterocycles. The van der Waals surface area contributed by atoms with Crippen molar-refractivity contribution in [3.8, 4) is 0 Å². The predicted molar refractivity (Wildman–Crippen MR) is 74.0 cm³/mol. The van der Waals surface area contributed by atoms with Gasteiger partial charge in [-0.25, -0.2) is 0 Å². The van der Waals surface area contributed by atoms with Gasteiger partial charge in [0.15, 0.2) is 0 Å². The van der Waals surface area contributed by atoms with Gasteiger partial charge in [-0.3, -0.25) is 4.98 Å². The van der Waals surface area contributed by atoms with Crippen LogP contribution in [-0.2, 0) is 16.0 Å². The van der Waals surface area contributed by atoms with Crippen molar-refractivity contribution in [2.75, 3.05) is 26.4 Å². The molecule has 100 valence electrons. The smallest absolute Gasteiger partial charge is 0.0933 e. The van der Waals surface area contributed by atoms with Crippen molar-refractivity contribution in [2.45, 2.75) is 12.6 Å². The summed E-state index contributed by atoms with van der Waals surface area (Å²) in [5.74, 6) is 0. The number of hydrogen-bond donors (Lipinski definition) is 1. The molecule has 1 aliphatic heterocycles. The fraction of sp³-hybridized carbons (Fsp3) is 0.400. The largest absolute Gasteiger partial charge is 0.376 e. The molecule has 1 N–H and O–H groups in total. The normalized spacial score (nSPS) is 19.7. The molecule has 0 amide bonds. The Morgan fingerprint density at radius 1 is 1.16 bits per heavy atom. The summed E-state index contributed by atoms with van der Waals surface area (Å²) in [6.07, 6.45) is 0.161. The van der Waals surface area contributed by atoms with E-state index in [4.69, 9.17) is 9.47 Å². The lowest BCUT2D eigenvalue weighted by molar-refractivity contribution is -0.0864. The number of pyridine rings is 1. The highest BCUT2D eigenvalue weighted by atomic mass is 16.6. The molecule has 4 nitrogen and oxygen atoms in total. The highest BCUT2D eigenvalue weighted by molar-refractivity contribution is 5.78. The van der Waals surface area contributed by atoms with Crippen molar-refractivity contribution in [3.63, 3.8) is 0 Å². The molecule has 0 bridgehead atoms. The molecule has 1 aromatic heterocycles. The molecule has 19 heavy (non-hydrogen) atoms. The second-order valence-corrected chi connectivity index (χ2v) is 4.69. The molecule has 1 aliphatic rings. The number of rotatable bonds is 4. The summed E-state index contributed by atoms with van der Waals surface area (Å²) < 4.78 is 10.9. The topological polar surface area (TPSA) is 43.4 Å². The Morgan fingerprint density at radius 3 is 3.00 bits per heavy atom. The van der Waals surface area contributed by atoms with Crippen LogP contribution in [0.15, 0.2) is 36.4 Å². The van der Waals surface area contributed by atoms with Gasteiger partial charge in [0, 0.05) is 18.5 Å². The molecule has 1 atom stereocenters. The zero-order valence-electron chi connectivity index (χ0n) is 10.8. The van der Waals surface area contributed by atoms with Crippen LogP contribution in [0.1, 0.15) is 5.69 Å². The quantitative estimate of drug-likeness (QED) is 0.907. The minimum atomic E-state index is 0.161. The minimum Gasteiger partial charge on any atom is -0.376 e. The summed E-state index contributed by atoms with van der Waals surface area (Å²) in [6.45, 7) is 3.64. The van der Waals surface area contributed by atoms with Gasteiger partial charge >= 0.3 is 0 Å². The number of ether oxygens (including phenoxy) is 2. The summed E-state index contributed by atoms with van der Waals surface area (Å²) in [7, 11) is 0. The van der Waals surface area contributed by atoms with E-state index >= 15 is 0 Å². The van der Waals surface area contributed by atoms with E-state index in [1.165, 1.54) is 5.39 Å². The van der Waals surface area contributed by atoms with Gasteiger partial charge in [0.25, 0.3) is 0 Å². The first-order valence-electron chi connectivity index (χ1n) is 6.66. The Labute approximate surface area is 112 Å². The van der Waals surface area contributed by atoms with Gasteiger partial charge in [-0.15, -0.1) is 0 Å². The Kier molecular flexibility index (Phi) is 4.03. The van der Waals surface area contributed by atoms with Crippen LogP contribution < -0.4 is 5.32 Å². The van der Waals surface area contributed by atoms with Crippen molar-refractivity contribution < 1.29 is 9.47 Å². The molecule has 3 rings (SSSR count). The van der Waals surface area contributed by atoms with E-state index in [1.54, 1.807) is 0 Å². The average molecular weight is 258 g/mol. The highest BCUT2D eigenvalue weighted by Crippen LogP contribution is 2.11. The molecular weight excluding hydrogens is 240 g/mol. The van der Waals surface area contributed by atoms with Crippen LogP contribution in [0, 0.1) is 0 Å². The maximum absolute atomic E-state index is 5.58. The maximum Gasteiger partial charge on any atom is 0.0933 e. The molecule has 0 saturated carbocycles.